The topological polar surface area (TPSA) is 67.8 Å². The summed E-state index contributed by atoms with van der Waals surface area (Å²) in [5.41, 5.74) is 8.63. The molecule has 1 aromatic carbocycles. The first kappa shape index (κ1) is 21.7. The van der Waals surface area contributed by atoms with Gasteiger partial charge in [0.25, 0.3) is 0 Å². The van der Waals surface area contributed by atoms with E-state index in [-0.39, 0.29) is 0 Å². The number of aryl methyl sites for hydroxylation is 1. The van der Waals surface area contributed by atoms with Crippen molar-refractivity contribution in [2.45, 2.75) is 72.4 Å². The summed E-state index contributed by atoms with van der Waals surface area (Å²) in [5, 5.41) is 8.49. The number of aromatic amines is 1. The lowest BCUT2D eigenvalue weighted by Gasteiger charge is -2.20. The van der Waals surface area contributed by atoms with E-state index >= 15 is 0 Å². The zero-order valence-corrected chi connectivity index (χ0v) is 21.4. The molecule has 32 heavy (non-hydrogen) atoms. The molecule has 172 valence electrons. The second kappa shape index (κ2) is 7.73. The van der Waals surface area contributed by atoms with Gasteiger partial charge >= 0.3 is 0 Å². The molecule has 2 aliphatic rings. The molecule has 5 rings (SSSR count). The Hall–Kier alpha value is -2.12. The van der Waals surface area contributed by atoms with Crippen LogP contribution in [0.5, 0.6) is 0 Å². The number of rotatable bonds is 8. The molecule has 2 aliphatic carbocycles. The molecule has 2 heterocycles. The molecule has 2 atom stereocenters. The maximum absolute atomic E-state index is 6.11. The van der Waals surface area contributed by atoms with E-state index in [9.17, 15) is 0 Å². The number of hydrogen-bond acceptors (Lipinski definition) is 4. The molecule has 0 amide bonds. The van der Waals surface area contributed by atoms with Crippen LogP contribution in [0.15, 0.2) is 12.1 Å². The van der Waals surface area contributed by atoms with Gasteiger partial charge in [-0.15, -0.1) is 0 Å². The van der Waals surface area contributed by atoms with Crippen molar-refractivity contribution in [2.75, 3.05) is 18.5 Å². The largest absolute Gasteiger partial charge is 0.385 e. The standard InChI is InChI=1S/C25H37N5OSi/c1-7-26-19-12-21-20(10-16(19)2)27-24(28-21)23-18-11-17-13-25(17,3)14-22(18)30(29-23)15-31-8-9-32(4,5)6/h10,12,17,26H,7-9,11,13-15H2,1-6H3,(H,27,28)/t17-,25-/m1/s1. The van der Waals surface area contributed by atoms with Crippen LogP contribution in [-0.4, -0.2) is 41.0 Å². The van der Waals surface area contributed by atoms with Gasteiger partial charge in [-0.2, -0.15) is 5.10 Å². The van der Waals surface area contributed by atoms with E-state index in [2.05, 4.69) is 67.5 Å². The fourth-order valence-electron chi connectivity index (χ4n) is 5.10. The number of benzene rings is 1. The summed E-state index contributed by atoms with van der Waals surface area (Å²) in [7, 11) is -1.10. The Morgan fingerprint density at radius 1 is 1.31 bits per heavy atom. The zero-order chi connectivity index (χ0) is 22.7. The third kappa shape index (κ3) is 4.01. The van der Waals surface area contributed by atoms with Gasteiger partial charge in [0.15, 0.2) is 5.82 Å². The van der Waals surface area contributed by atoms with Crippen LogP contribution in [0.25, 0.3) is 22.6 Å². The average molecular weight is 452 g/mol. The quantitative estimate of drug-likeness (QED) is 0.345. The first-order chi connectivity index (χ1) is 15.2. The Morgan fingerprint density at radius 2 is 2.12 bits per heavy atom. The van der Waals surface area contributed by atoms with E-state index in [1.54, 1.807) is 0 Å². The Labute approximate surface area is 192 Å². The molecule has 1 fully saturated rings. The summed E-state index contributed by atoms with van der Waals surface area (Å²) in [6.45, 7) is 16.1. The second-order valence-corrected chi connectivity index (χ2v) is 17.0. The molecule has 0 saturated heterocycles. The van der Waals surface area contributed by atoms with Gasteiger partial charge in [0.2, 0.25) is 0 Å². The van der Waals surface area contributed by atoms with Crippen molar-refractivity contribution in [3.05, 3.63) is 29.0 Å². The van der Waals surface area contributed by atoms with Gasteiger partial charge < -0.3 is 15.0 Å². The van der Waals surface area contributed by atoms with E-state index < -0.39 is 8.07 Å². The highest BCUT2D eigenvalue weighted by molar-refractivity contribution is 6.76. The molecule has 6 nitrogen and oxygen atoms in total. The van der Waals surface area contributed by atoms with Crippen LogP contribution in [0.4, 0.5) is 5.69 Å². The van der Waals surface area contributed by atoms with Crippen LogP contribution >= 0.6 is 0 Å². The van der Waals surface area contributed by atoms with Crippen LogP contribution in [0.3, 0.4) is 0 Å². The second-order valence-electron chi connectivity index (χ2n) is 11.4. The Bertz CT molecular complexity index is 1160. The van der Waals surface area contributed by atoms with Crippen LogP contribution in [0.1, 0.15) is 37.1 Å². The summed E-state index contributed by atoms with van der Waals surface area (Å²) in [6.07, 6.45) is 3.53. The van der Waals surface area contributed by atoms with Gasteiger partial charge in [-0.25, -0.2) is 9.67 Å². The predicted octanol–water partition coefficient (Wildman–Crippen LogP) is 5.60. The molecule has 0 spiro atoms. The lowest BCUT2D eigenvalue weighted by Crippen LogP contribution is -2.23. The molecule has 1 saturated carbocycles. The minimum absolute atomic E-state index is 0.450. The molecule has 0 radical (unpaired) electrons. The van der Waals surface area contributed by atoms with Crippen molar-refractivity contribution in [1.82, 2.24) is 19.7 Å². The summed E-state index contributed by atoms with van der Waals surface area (Å²) in [4.78, 5) is 8.53. The summed E-state index contributed by atoms with van der Waals surface area (Å²) >= 11 is 0. The molecular formula is C25H37N5OSi. The first-order valence-corrected chi connectivity index (χ1v) is 15.8. The predicted molar refractivity (Wildman–Crippen MR) is 134 cm³/mol. The summed E-state index contributed by atoms with van der Waals surface area (Å²) in [6, 6.07) is 5.51. The number of fused-ring (bicyclic) bond motifs is 3. The summed E-state index contributed by atoms with van der Waals surface area (Å²) in [5.74, 6) is 1.67. The third-order valence-corrected chi connectivity index (χ3v) is 9.06. The van der Waals surface area contributed by atoms with Gasteiger partial charge in [0.05, 0.1) is 11.0 Å². The highest BCUT2D eigenvalue weighted by Crippen LogP contribution is 2.60. The van der Waals surface area contributed by atoms with Crippen molar-refractivity contribution in [3.63, 3.8) is 0 Å². The molecule has 0 aliphatic heterocycles. The monoisotopic (exact) mass is 451 g/mol. The normalized spacial score (nSPS) is 22.1. The number of ether oxygens (including phenoxy) is 1. The van der Waals surface area contributed by atoms with Gasteiger partial charge in [-0.3, -0.25) is 0 Å². The SMILES string of the molecule is CCNc1cc2nc(-c3nn(COCC[Si](C)(C)C)c4c3C[C@@H]3C[C@]3(C)C4)[nH]c2cc1C. The van der Waals surface area contributed by atoms with Crippen molar-refractivity contribution in [1.29, 1.82) is 0 Å². The van der Waals surface area contributed by atoms with E-state index in [0.29, 0.717) is 12.1 Å². The smallest absolute Gasteiger partial charge is 0.159 e. The van der Waals surface area contributed by atoms with Crippen molar-refractivity contribution < 1.29 is 4.74 Å². The molecule has 0 bridgehead atoms. The number of nitrogens with one attached hydrogen (secondary N) is 2. The minimum Gasteiger partial charge on any atom is -0.385 e. The first-order valence-electron chi connectivity index (χ1n) is 12.1. The Balaban J connectivity index is 1.47. The number of hydrogen-bond donors (Lipinski definition) is 2. The van der Waals surface area contributed by atoms with Gasteiger partial charge in [-0.05, 0) is 68.2 Å². The van der Waals surface area contributed by atoms with E-state index in [0.717, 1.165) is 60.2 Å². The van der Waals surface area contributed by atoms with Gasteiger partial charge in [0.1, 0.15) is 12.4 Å². The lowest BCUT2D eigenvalue weighted by atomic mass is 9.87. The Morgan fingerprint density at radius 3 is 2.88 bits per heavy atom. The van der Waals surface area contributed by atoms with E-state index in [4.69, 9.17) is 14.8 Å². The molecule has 3 aromatic rings. The number of H-pyrrole nitrogens is 1. The van der Waals surface area contributed by atoms with Gasteiger partial charge in [0, 0.05) is 38.2 Å². The van der Waals surface area contributed by atoms with Gasteiger partial charge in [-0.1, -0.05) is 26.6 Å². The fourth-order valence-corrected chi connectivity index (χ4v) is 5.86. The third-order valence-electron chi connectivity index (χ3n) is 7.36. The highest BCUT2D eigenvalue weighted by atomic mass is 28.3. The molecule has 7 heteroatoms. The lowest BCUT2D eigenvalue weighted by molar-refractivity contribution is 0.0757. The van der Waals surface area contributed by atoms with Crippen molar-refractivity contribution in [2.24, 2.45) is 11.3 Å². The van der Waals surface area contributed by atoms with E-state index in [1.165, 1.54) is 29.3 Å². The number of imidazole rings is 1. The summed E-state index contributed by atoms with van der Waals surface area (Å²) < 4.78 is 8.23. The van der Waals surface area contributed by atoms with Crippen LogP contribution in [0.2, 0.25) is 25.7 Å². The van der Waals surface area contributed by atoms with Crippen molar-refractivity contribution >= 4 is 24.8 Å². The van der Waals surface area contributed by atoms with Crippen LogP contribution < -0.4 is 5.32 Å². The molecule has 0 unspecified atom stereocenters. The fraction of sp³-hybridized carbons (Fsp3) is 0.600. The van der Waals surface area contributed by atoms with E-state index in [1.807, 2.05) is 0 Å². The van der Waals surface area contributed by atoms with Crippen LogP contribution in [-0.2, 0) is 24.3 Å². The van der Waals surface area contributed by atoms with Crippen LogP contribution in [0, 0.1) is 18.3 Å². The number of aromatic nitrogens is 4. The minimum atomic E-state index is -1.10. The number of anilines is 1. The molecule has 2 N–H and O–H groups in total. The zero-order valence-electron chi connectivity index (χ0n) is 20.4. The maximum Gasteiger partial charge on any atom is 0.159 e. The average Bonchev–Trinajstić information content (AvgIpc) is 3.02. The molecular weight excluding hydrogens is 414 g/mol. The Kier molecular flexibility index (Phi) is 5.24. The highest BCUT2D eigenvalue weighted by Gasteiger charge is 2.54. The van der Waals surface area contributed by atoms with Crippen molar-refractivity contribution in [3.8, 4) is 11.5 Å². The molecule has 2 aromatic heterocycles. The number of nitrogens with zero attached hydrogens (tertiary/aromatic N) is 3. The maximum atomic E-state index is 6.11.